The molecular weight excluding hydrogens is 202 g/mol. The minimum Gasteiger partial charge on any atom is -0.383 e. The highest BCUT2D eigenvalue weighted by Crippen LogP contribution is 2.28. The Kier molecular flexibility index (Phi) is 5.26. The van der Waals surface area contributed by atoms with E-state index in [1.54, 1.807) is 7.11 Å². The molecule has 0 aliphatic heterocycles. The minimum atomic E-state index is 0.258. The smallest absolute Gasteiger partial charge is 0.225 e. The van der Waals surface area contributed by atoms with Gasteiger partial charge in [-0.25, -0.2) is 0 Å². The van der Waals surface area contributed by atoms with Gasteiger partial charge < -0.3 is 9.64 Å². The van der Waals surface area contributed by atoms with Crippen LogP contribution in [-0.4, -0.2) is 43.5 Å². The topological polar surface area (TPSA) is 29.5 Å². The average Bonchev–Trinajstić information content (AvgIpc) is 2.09. The fraction of sp³-hybridized carbons (Fsp3) is 0.900. The molecule has 1 rings (SSSR count). The zero-order valence-corrected chi connectivity index (χ0v) is 9.42. The van der Waals surface area contributed by atoms with Gasteiger partial charge in [0.15, 0.2) is 0 Å². The van der Waals surface area contributed by atoms with E-state index in [0.29, 0.717) is 25.6 Å². The van der Waals surface area contributed by atoms with Gasteiger partial charge in [0, 0.05) is 32.0 Å². The van der Waals surface area contributed by atoms with Gasteiger partial charge in [-0.1, -0.05) is 6.42 Å². The van der Waals surface area contributed by atoms with Crippen LogP contribution in [0.2, 0.25) is 0 Å². The molecule has 0 unspecified atom stereocenters. The summed E-state index contributed by atoms with van der Waals surface area (Å²) in [6.45, 7) is 1.90. The van der Waals surface area contributed by atoms with Gasteiger partial charge in [-0.05, 0) is 12.8 Å². The highest BCUT2D eigenvalue weighted by atomic mass is 35.5. The molecule has 0 radical (unpaired) electrons. The Balaban J connectivity index is 2.34. The number of carbonyl (C=O) groups is 1. The van der Waals surface area contributed by atoms with E-state index < -0.39 is 0 Å². The molecule has 82 valence electrons. The predicted octanol–water partition coefficient (Wildman–Crippen LogP) is 1.50. The Labute approximate surface area is 90.4 Å². The number of halogens is 1. The van der Waals surface area contributed by atoms with Gasteiger partial charge >= 0.3 is 0 Å². The maximum Gasteiger partial charge on any atom is 0.225 e. The van der Waals surface area contributed by atoms with Crippen LogP contribution in [0.25, 0.3) is 0 Å². The highest BCUT2D eigenvalue weighted by molar-refractivity contribution is 6.18. The Morgan fingerprint density at radius 3 is 2.64 bits per heavy atom. The van der Waals surface area contributed by atoms with Crippen molar-refractivity contribution < 1.29 is 9.53 Å². The maximum atomic E-state index is 11.8. The molecule has 0 aromatic carbocycles. The van der Waals surface area contributed by atoms with Crippen molar-refractivity contribution in [3.8, 4) is 0 Å². The first-order chi connectivity index (χ1) is 6.79. The van der Waals surface area contributed by atoms with Crippen molar-refractivity contribution in [2.75, 3.05) is 32.7 Å². The van der Waals surface area contributed by atoms with Crippen molar-refractivity contribution in [2.45, 2.75) is 19.3 Å². The lowest BCUT2D eigenvalue weighted by Gasteiger charge is -2.31. The molecular formula is C10H18ClNO2. The van der Waals surface area contributed by atoms with E-state index in [4.69, 9.17) is 16.3 Å². The molecule has 0 aromatic rings. The van der Waals surface area contributed by atoms with E-state index in [1.165, 1.54) is 6.42 Å². The summed E-state index contributed by atoms with van der Waals surface area (Å²) in [6, 6.07) is 0. The third kappa shape index (κ3) is 3.14. The van der Waals surface area contributed by atoms with Crippen LogP contribution >= 0.6 is 11.6 Å². The van der Waals surface area contributed by atoms with Crippen LogP contribution in [-0.2, 0) is 9.53 Å². The van der Waals surface area contributed by atoms with Gasteiger partial charge in [0.25, 0.3) is 0 Å². The Hall–Kier alpha value is -0.280. The summed E-state index contributed by atoms with van der Waals surface area (Å²) >= 11 is 5.65. The summed E-state index contributed by atoms with van der Waals surface area (Å²) in [4.78, 5) is 13.7. The monoisotopic (exact) mass is 219 g/mol. The number of amides is 1. The van der Waals surface area contributed by atoms with Crippen LogP contribution in [0.3, 0.4) is 0 Å². The van der Waals surface area contributed by atoms with E-state index in [9.17, 15) is 4.79 Å². The molecule has 0 aromatic heterocycles. The van der Waals surface area contributed by atoms with E-state index in [0.717, 1.165) is 12.8 Å². The summed E-state index contributed by atoms with van der Waals surface area (Å²) in [5.74, 6) is 1.02. The van der Waals surface area contributed by atoms with E-state index in [2.05, 4.69) is 0 Å². The number of carbonyl (C=O) groups excluding carboxylic acids is 1. The molecule has 0 spiro atoms. The number of methoxy groups -OCH3 is 1. The number of hydrogen-bond acceptors (Lipinski definition) is 2. The second kappa shape index (κ2) is 6.25. The SMILES string of the molecule is COCCN(CCCl)C(=O)C1CCC1. The molecule has 0 saturated heterocycles. The summed E-state index contributed by atoms with van der Waals surface area (Å²) in [7, 11) is 1.65. The van der Waals surface area contributed by atoms with Crippen LogP contribution < -0.4 is 0 Å². The van der Waals surface area contributed by atoms with Crippen molar-refractivity contribution in [3.63, 3.8) is 0 Å². The van der Waals surface area contributed by atoms with Gasteiger partial charge in [-0.2, -0.15) is 0 Å². The summed E-state index contributed by atoms with van der Waals surface area (Å²) in [5.41, 5.74) is 0. The fourth-order valence-corrected chi connectivity index (χ4v) is 1.75. The minimum absolute atomic E-state index is 0.258. The van der Waals surface area contributed by atoms with Gasteiger partial charge in [0.2, 0.25) is 5.91 Å². The molecule has 0 bridgehead atoms. The maximum absolute atomic E-state index is 11.8. The number of alkyl halides is 1. The van der Waals surface area contributed by atoms with Crippen LogP contribution in [0.4, 0.5) is 0 Å². The first-order valence-corrected chi connectivity index (χ1v) is 5.66. The van der Waals surface area contributed by atoms with Crippen molar-refractivity contribution in [3.05, 3.63) is 0 Å². The molecule has 1 amide bonds. The largest absolute Gasteiger partial charge is 0.383 e. The third-order valence-electron chi connectivity index (χ3n) is 2.69. The molecule has 4 heteroatoms. The predicted molar refractivity (Wildman–Crippen MR) is 56.5 cm³/mol. The molecule has 0 N–H and O–H groups in total. The van der Waals surface area contributed by atoms with Crippen molar-refractivity contribution in [1.29, 1.82) is 0 Å². The quantitative estimate of drug-likeness (QED) is 0.634. The third-order valence-corrected chi connectivity index (χ3v) is 2.85. The molecule has 1 saturated carbocycles. The van der Waals surface area contributed by atoms with Crippen LogP contribution in [0.15, 0.2) is 0 Å². The van der Waals surface area contributed by atoms with Gasteiger partial charge in [-0.15, -0.1) is 11.6 Å². The lowest BCUT2D eigenvalue weighted by molar-refractivity contribution is -0.138. The van der Waals surface area contributed by atoms with Crippen LogP contribution in [0.5, 0.6) is 0 Å². The Morgan fingerprint density at radius 2 is 2.21 bits per heavy atom. The van der Waals surface area contributed by atoms with Crippen LogP contribution in [0.1, 0.15) is 19.3 Å². The molecule has 1 aliphatic rings. The molecule has 1 aliphatic carbocycles. The lowest BCUT2D eigenvalue weighted by Crippen LogP contribution is -2.41. The Morgan fingerprint density at radius 1 is 1.50 bits per heavy atom. The zero-order valence-electron chi connectivity index (χ0n) is 8.67. The van der Waals surface area contributed by atoms with E-state index in [1.807, 2.05) is 4.90 Å². The highest BCUT2D eigenvalue weighted by Gasteiger charge is 2.28. The molecule has 14 heavy (non-hydrogen) atoms. The summed E-state index contributed by atoms with van der Waals surface area (Å²) < 4.78 is 4.96. The van der Waals surface area contributed by atoms with Crippen LogP contribution in [0, 0.1) is 5.92 Å². The average molecular weight is 220 g/mol. The Bertz CT molecular complexity index is 183. The molecule has 3 nitrogen and oxygen atoms in total. The summed E-state index contributed by atoms with van der Waals surface area (Å²) in [6.07, 6.45) is 3.28. The van der Waals surface area contributed by atoms with E-state index in [-0.39, 0.29) is 11.8 Å². The van der Waals surface area contributed by atoms with Crippen molar-refractivity contribution in [1.82, 2.24) is 4.90 Å². The second-order valence-corrected chi connectivity index (χ2v) is 4.01. The molecule has 1 fully saturated rings. The first-order valence-electron chi connectivity index (χ1n) is 5.13. The zero-order chi connectivity index (χ0) is 10.4. The van der Waals surface area contributed by atoms with Gasteiger partial charge in [0.05, 0.1) is 6.61 Å². The normalized spacial score (nSPS) is 16.4. The second-order valence-electron chi connectivity index (χ2n) is 3.63. The number of rotatable bonds is 6. The lowest BCUT2D eigenvalue weighted by atomic mass is 9.84. The molecule has 0 heterocycles. The summed E-state index contributed by atoms with van der Waals surface area (Å²) in [5, 5.41) is 0. The number of ether oxygens (including phenoxy) is 1. The van der Waals surface area contributed by atoms with Crippen molar-refractivity contribution in [2.24, 2.45) is 5.92 Å². The first kappa shape index (κ1) is 11.8. The fourth-order valence-electron chi connectivity index (χ4n) is 1.55. The standard InChI is InChI=1S/C10H18ClNO2/c1-14-8-7-12(6-5-11)10(13)9-3-2-4-9/h9H,2-8H2,1H3. The van der Waals surface area contributed by atoms with E-state index >= 15 is 0 Å². The van der Waals surface area contributed by atoms with Gasteiger partial charge in [-0.3, -0.25) is 4.79 Å². The number of nitrogens with zero attached hydrogens (tertiary/aromatic N) is 1. The number of hydrogen-bond donors (Lipinski definition) is 0. The van der Waals surface area contributed by atoms with Crippen molar-refractivity contribution >= 4 is 17.5 Å². The molecule has 0 atom stereocenters. The van der Waals surface area contributed by atoms with Gasteiger partial charge in [0.1, 0.15) is 0 Å².